The number of thioether (sulfide) groups is 1. The summed E-state index contributed by atoms with van der Waals surface area (Å²) in [5.41, 5.74) is 0. The molecule has 0 bridgehead atoms. The normalized spacial score (nSPS) is 13.7. The maximum Gasteiger partial charge on any atom is 0.304 e. The van der Waals surface area contributed by atoms with E-state index in [0.717, 1.165) is 11.3 Å². The van der Waals surface area contributed by atoms with Crippen LogP contribution in [0.3, 0.4) is 0 Å². The molecule has 0 amide bonds. The first-order valence-corrected chi connectivity index (χ1v) is 12.3. The molecule has 4 nitrogen and oxygen atoms in total. The summed E-state index contributed by atoms with van der Waals surface area (Å²) >= 11 is 2.70. The predicted molar refractivity (Wildman–Crippen MR) is 123 cm³/mol. The molecule has 0 saturated carbocycles. The Morgan fingerprint density at radius 1 is 1.21 bits per heavy atom. The Morgan fingerprint density at radius 2 is 1.93 bits per heavy atom. The second kappa shape index (κ2) is 16.3. The molecule has 0 unspecified atom stereocenters. The van der Waals surface area contributed by atoms with Gasteiger partial charge in [-0.3, -0.25) is 4.79 Å². The van der Waals surface area contributed by atoms with Crippen LogP contribution >= 0.6 is 23.1 Å². The molecule has 0 aliphatic rings. The standard InChI is InChI=1S/C23H33NO3S2/c1-2-3-4-5-6-7-8-9-10-11-12-13-20(28-17-16-22(25)26)23(27)21-15-14-19(18-24)29-21/h10-15,20,23,27H,2-9,16-17H2,1H3,(H,25,26)/t20-,23+/m1/s1. The maximum absolute atomic E-state index is 10.8. The molecule has 1 heterocycles. The summed E-state index contributed by atoms with van der Waals surface area (Å²) in [5, 5.41) is 28.3. The van der Waals surface area contributed by atoms with E-state index in [2.05, 4.69) is 19.1 Å². The topological polar surface area (TPSA) is 81.3 Å². The van der Waals surface area contributed by atoms with Crippen LogP contribution < -0.4 is 0 Å². The zero-order valence-corrected chi connectivity index (χ0v) is 18.9. The zero-order chi connectivity index (χ0) is 21.3. The number of rotatable bonds is 16. The number of carboxylic acids is 1. The van der Waals surface area contributed by atoms with Crippen LogP contribution in [-0.4, -0.2) is 27.2 Å². The first-order chi connectivity index (χ1) is 14.1. The van der Waals surface area contributed by atoms with Crippen molar-refractivity contribution in [3.63, 3.8) is 0 Å². The average Bonchev–Trinajstić information content (AvgIpc) is 3.19. The van der Waals surface area contributed by atoms with Gasteiger partial charge in [0.25, 0.3) is 0 Å². The smallest absolute Gasteiger partial charge is 0.304 e. The lowest BCUT2D eigenvalue weighted by Crippen LogP contribution is -2.13. The van der Waals surface area contributed by atoms with Crippen LogP contribution in [0, 0.1) is 11.3 Å². The van der Waals surface area contributed by atoms with Crippen molar-refractivity contribution in [3.8, 4) is 6.07 Å². The maximum atomic E-state index is 10.8. The van der Waals surface area contributed by atoms with E-state index in [-0.39, 0.29) is 11.7 Å². The predicted octanol–water partition coefficient (Wildman–Crippen LogP) is 6.48. The van der Waals surface area contributed by atoms with Gasteiger partial charge in [0.2, 0.25) is 0 Å². The SMILES string of the molecule is CCCCCCCCCC=CC=C[C@@H](SCCC(=O)O)[C@H](O)c1ccc(C#N)s1. The number of hydrogen-bond donors (Lipinski definition) is 2. The molecule has 0 fully saturated rings. The highest BCUT2D eigenvalue weighted by molar-refractivity contribution is 8.00. The average molecular weight is 436 g/mol. The summed E-state index contributed by atoms with van der Waals surface area (Å²) in [5.74, 6) is -0.410. The summed E-state index contributed by atoms with van der Waals surface area (Å²) in [6.45, 7) is 2.23. The highest BCUT2D eigenvalue weighted by atomic mass is 32.2. The second-order valence-corrected chi connectivity index (χ2v) is 9.36. The monoisotopic (exact) mass is 435 g/mol. The van der Waals surface area contributed by atoms with Crippen LogP contribution in [0.25, 0.3) is 0 Å². The van der Waals surface area contributed by atoms with E-state index in [1.165, 1.54) is 68.0 Å². The minimum absolute atomic E-state index is 0.0592. The molecule has 0 aromatic carbocycles. The van der Waals surface area contributed by atoms with E-state index < -0.39 is 12.1 Å². The fourth-order valence-corrected chi connectivity index (χ4v) is 4.86. The molecule has 0 saturated heterocycles. The lowest BCUT2D eigenvalue weighted by molar-refractivity contribution is -0.136. The number of allylic oxidation sites excluding steroid dienone is 3. The van der Waals surface area contributed by atoms with E-state index in [1.54, 1.807) is 12.1 Å². The van der Waals surface area contributed by atoms with E-state index in [1.807, 2.05) is 18.2 Å². The number of nitrogens with zero attached hydrogens (tertiary/aromatic N) is 1. The minimum Gasteiger partial charge on any atom is -0.481 e. The third-order valence-electron chi connectivity index (χ3n) is 4.49. The van der Waals surface area contributed by atoms with Gasteiger partial charge in [-0.05, 0) is 25.0 Å². The van der Waals surface area contributed by atoms with Gasteiger partial charge in [0.05, 0.1) is 11.7 Å². The number of nitriles is 1. The van der Waals surface area contributed by atoms with Gasteiger partial charge >= 0.3 is 5.97 Å². The van der Waals surface area contributed by atoms with E-state index in [4.69, 9.17) is 10.4 Å². The van der Waals surface area contributed by atoms with E-state index in [9.17, 15) is 9.90 Å². The number of carboxylic acid groups (broad SMARTS) is 1. The van der Waals surface area contributed by atoms with Crippen LogP contribution in [0.5, 0.6) is 0 Å². The molecule has 29 heavy (non-hydrogen) atoms. The lowest BCUT2D eigenvalue weighted by Gasteiger charge is -2.18. The van der Waals surface area contributed by atoms with Crippen LogP contribution in [0.4, 0.5) is 0 Å². The first kappa shape index (κ1) is 25.5. The number of aliphatic carboxylic acids is 1. The van der Waals surface area contributed by atoms with Crippen LogP contribution in [-0.2, 0) is 4.79 Å². The fourth-order valence-electron chi connectivity index (χ4n) is 2.84. The fraction of sp³-hybridized carbons (Fsp3) is 0.565. The van der Waals surface area contributed by atoms with Crippen molar-refractivity contribution in [1.29, 1.82) is 5.26 Å². The van der Waals surface area contributed by atoms with Crippen molar-refractivity contribution in [3.05, 3.63) is 46.2 Å². The lowest BCUT2D eigenvalue weighted by atomic mass is 10.1. The highest BCUT2D eigenvalue weighted by Crippen LogP contribution is 2.32. The van der Waals surface area contributed by atoms with Gasteiger partial charge in [0.1, 0.15) is 17.1 Å². The summed E-state index contributed by atoms with van der Waals surface area (Å²) < 4.78 is 0. The summed E-state index contributed by atoms with van der Waals surface area (Å²) in [6, 6.07) is 5.55. The Labute approximate surface area is 183 Å². The van der Waals surface area contributed by atoms with Gasteiger partial charge in [-0.15, -0.1) is 11.3 Å². The molecule has 2 atom stereocenters. The first-order valence-electron chi connectivity index (χ1n) is 10.4. The summed E-state index contributed by atoms with van der Waals surface area (Å²) in [7, 11) is 0. The Balaban J connectivity index is 2.46. The minimum atomic E-state index is -0.841. The molecule has 1 aromatic rings. The molecule has 1 aromatic heterocycles. The van der Waals surface area contributed by atoms with Gasteiger partial charge in [0, 0.05) is 10.6 Å². The molecule has 2 N–H and O–H groups in total. The molecule has 0 radical (unpaired) electrons. The van der Waals surface area contributed by atoms with Crippen molar-refractivity contribution in [2.45, 2.75) is 76.1 Å². The van der Waals surface area contributed by atoms with E-state index in [0.29, 0.717) is 10.6 Å². The van der Waals surface area contributed by atoms with Crippen molar-refractivity contribution in [2.24, 2.45) is 0 Å². The molecular formula is C23H33NO3S2. The van der Waals surface area contributed by atoms with Crippen LogP contribution in [0.15, 0.2) is 36.4 Å². The molecular weight excluding hydrogens is 402 g/mol. The number of aliphatic hydroxyl groups is 1. The molecule has 0 aliphatic heterocycles. The third kappa shape index (κ3) is 11.9. The van der Waals surface area contributed by atoms with Crippen molar-refractivity contribution in [1.82, 2.24) is 0 Å². The molecule has 6 heteroatoms. The molecule has 0 aliphatic carbocycles. The Morgan fingerprint density at radius 3 is 2.59 bits per heavy atom. The summed E-state index contributed by atoms with van der Waals surface area (Å²) in [6.07, 6.45) is 17.4. The molecule has 160 valence electrons. The van der Waals surface area contributed by atoms with Crippen molar-refractivity contribution in [2.75, 3.05) is 5.75 Å². The number of unbranched alkanes of at least 4 members (excludes halogenated alkanes) is 7. The van der Waals surface area contributed by atoms with Gasteiger partial charge in [-0.1, -0.05) is 69.8 Å². The largest absolute Gasteiger partial charge is 0.481 e. The van der Waals surface area contributed by atoms with Gasteiger partial charge in [0.15, 0.2) is 0 Å². The third-order valence-corrected chi connectivity index (χ3v) is 6.79. The summed E-state index contributed by atoms with van der Waals surface area (Å²) in [4.78, 5) is 12.1. The van der Waals surface area contributed by atoms with E-state index >= 15 is 0 Å². The number of carbonyl (C=O) groups is 1. The molecule has 1 rings (SSSR count). The molecule has 0 spiro atoms. The highest BCUT2D eigenvalue weighted by Gasteiger charge is 2.21. The van der Waals surface area contributed by atoms with Gasteiger partial charge in [-0.2, -0.15) is 17.0 Å². The van der Waals surface area contributed by atoms with Crippen molar-refractivity contribution >= 4 is 29.1 Å². The Hall–Kier alpha value is -1.55. The number of aliphatic hydroxyl groups excluding tert-OH is 1. The van der Waals surface area contributed by atoms with Crippen LogP contribution in [0.2, 0.25) is 0 Å². The van der Waals surface area contributed by atoms with Crippen LogP contribution in [0.1, 0.15) is 80.6 Å². The van der Waals surface area contributed by atoms with Crippen molar-refractivity contribution < 1.29 is 15.0 Å². The number of thiophene rings is 1. The van der Waals surface area contributed by atoms with Gasteiger partial charge < -0.3 is 10.2 Å². The Kier molecular flexibility index (Phi) is 14.3. The second-order valence-electron chi connectivity index (χ2n) is 6.96. The quantitative estimate of drug-likeness (QED) is 0.229. The zero-order valence-electron chi connectivity index (χ0n) is 17.3. The van der Waals surface area contributed by atoms with Gasteiger partial charge in [-0.25, -0.2) is 0 Å². The Bertz CT molecular complexity index is 676. The number of hydrogen-bond acceptors (Lipinski definition) is 5.